The van der Waals surface area contributed by atoms with Crippen LogP contribution in [0.1, 0.15) is 20.3 Å². The molecule has 1 saturated heterocycles. The second-order valence-electron chi connectivity index (χ2n) is 6.14. The van der Waals surface area contributed by atoms with Crippen LogP contribution in [0.4, 0.5) is 14.5 Å². The summed E-state index contributed by atoms with van der Waals surface area (Å²) in [5.41, 5.74) is -1.19. The van der Waals surface area contributed by atoms with Gasteiger partial charge in [-0.1, -0.05) is 0 Å². The molecule has 0 radical (unpaired) electrons. The molecule has 1 aliphatic rings. The van der Waals surface area contributed by atoms with Gasteiger partial charge < -0.3 is 15.0 Å². The number of nitrogens with zero attached hydrogens (tertiary/aromatic N) is 1. The van der Waals surface area contributed by atoms with Gasteiger partial charge in [0, 0.05) is 24.7 Å². The minimum absolute atomic E-state index is 0.0230. The monoisotopic (exact) mass is 340 g/mol. The molecule has 1 heterocycles. The highest BCUT2D eigenvalue weighted by Gasteiger charge is 2.39. The topological polar surface area (TPSA) is 75.7 Å². The molecule has 0 unspecified atom stereocenters. The number of halogens is 2. The SMILES string of the molecule is COC(=O)C(C)(C)NC(=O)[C@@H]1CC(=O)N(c2cc(F)cc(F)c2)C1. The van der Waals surface area contributed by atoms with Crippen LogP contribution in [0, 0.1) is 17.6 Å². The molecule has 1 aromatic rings. The molecule has 2 amide bonds. The van der Waals surface area contributed by atoms with E-state index in [1.54, 1.807) is 0 Å². The maximum absolute atomic E-state index is 13.3. The van der Waals surface area contributed by atoms with Gasteiger partial charge >= 0.3 is 5.97 Å². The van der Waals surface area contributed by atoms with Crippen LogP contribution in [0.3, 0.4) is 0 Å². The van der Waals surface area contributed by atoms with E-state index in [0.29, 0.717) is 6.07 Å². The molecule has 0 spiro atoms. The zero-order valence-corrected chi connectivity index (χ0v) is 13.6. The van der Waals surface area contributed by atoms with Crippen LogP contribution in [-0.4, -0.2) is 37.0 Å². The number of carbonyl (C=O) groups excluding carboxylic acids is 3. The van der Waals surface area contributed by atoms with Gasteiger partial charge in [0.1, 0.15) is 17.2 Å². The van der Waals surface area contributed by atoms with Crippen LogP contribution in [0.25, 0.3) is 0 Å². The molecule has 0 bridgehead atoms. The molecule has 2 rings (SSSR count). The quantitative estimate of drug-likeness (QED) is 0.841. The van der Waals surface area contributed by atoms with E-state index in [1.165, 1.54) is 21.0 Å². The zero-order chi connectivity index (χ0) is 18.1. The molecule has 0 saturated carbocycles. The van der Waals surface area contributed by atoms with Crippen LogP contribution in [0.15, 0.2) is 18.2 Å². The lowest BCUT2D eigenvalue weighted by Gasteiger charge is -2.25. The molecule has 8 heteroatoms. The van der Waals surface area contributed by atoms with Crippen molar-refractivity contribution in [3.05, 3.63) is 29.8 Å². The summed E-state index contributed by atoms with van der Waals surface area (Å²) in [7, 11) is 1.20. The van der Waals surface area contributed by atoms with Crippen molar-refractivity contribution in [2.45, 2.75) is 25.8 Å². The van der Waals surface area contributed by atoms with Gasteiger partial charge in [0.2, 0.25) is 11.8 Å². The van der Waals surface area contributed by atoms with Crippen LogP contribution >= 0.6 is 0 Å². The lowest BCUT2D eigenvalue weighted by atomic mass is 10.0. The molecule has 6 nitrogen and oxygen atoms in total. The van der Waals surface area contributed by atoms with Gasteiger partial charge in [0.15, 0.2) is 0 Å². The number of esters is 1. The number of anilines is 1. The molecule has 1 fully saturated rings. The molecule has 0 aromatic heterocycles. The third kappa shape index (κ3) is 3.69. The molecule has 1 atom stereocenters. The second kappa shape index (κ2) is 6.54. The fraction of sp³-hybridized carbons (Fsp3) is 0.438. The van der Waals surface area contributed by atoms with Gasteiger partial charge in [-0.2, -0.15) is 0 Å². The largest absolute Gasteiger partial charge is 0.467 e. The lowest BCUT2D eigenvalue weighted by molar-refractivity contribution is -0.149. The third-order valence-corrected chi connectivity index (χ3v) is 3.79. The summed E-state index contributed by atoms with van der Waals surface area (Å²) in [6.45, 7) is 2.94. The Labute approximate surface area is 137 Å². The van der Waals surface area contributed by atoms with Crippen LogP contribution in [0.2, 0.25) is 0 Å². The van der Waals surface area contributed by atoms with Gasteiger partial charge in [0.05, 0.1) is 13.0 Å². The number of carbonyl (C=O) groups is 3. The van der Waals surface area contributed by atoms with E-state index in [2.05, 4.69) is 10.1 Å². The molecule has 1 aromatic carbocycles. The molecule has 1 N–H and O–H groups in total. The van der Waals surface area contributed by atoms with Crippen LogP contribution in [0.5, 0.6) is 0 Å². The molecular formula is C16H18F2N2O4. The van der Waals surface area contributed by atoms with Crippen molar-refractivity contribution in [1.29, 1.82) is 0 Å². The molecule has 24 heavy (non-hydrogen) atoms. The van der Waals surface area contributed by atoms with Gasteiger partial charge in [0.25, 0.3) is 0 Å². The summed E-state index contributed by atoms with van der Waals surface area (Å²) in [4.78, 5) is 37.1. The van der Waals surface area contributed by atoms with Crippen molar-refractivity contribution in [3.63, 3.8) is 0 Å². The van der Waals surface area contributed by atoms with E-state index >= 15 is 0 Å². The number of rotatable bonds is 4. The van der Waals surface area contributed by atoms with E-state index in [1.807, 2.05) is 0 Å². The fourth-order valence-corrected chi connectivity index (χ4v) is 2.54. The Hall–Kier alpha value is -2.51. The Morgan fingerprint density at radius 1 is 1.25 bits per heavy atom. The first kappa shape index (κ1) is 17.8. The van der Waals surface area contributed by atoms with Crippen molar-refractivity contribution in [1.82, 2.24) is 5.32 Å². The van der Waals surface area contributed by atoms with E-state index < -0.39 is 40.9 Å². The summed E-state index contributed by atoms with van der Waals surface area (Å²) in [6.07, 6.45) is -0.110. The molecule has 1 aliphatic heterocycles. The van der Waals surface area contributed by atoms with E-state index in [0.717, 1.165) is 17.0 Å². The highest BCUT2D eigenvalue weighted by molar-refractivity contribution is 6.01. The number of hydrogen-bond acceptors (Lipinski definition) is 4. The Balaban J connectivity index is 2.11. The van der Waals surface area contributed by atoms with Gasteiger partial charge in [-0.15, -0.1) is 0 Å². The average Bonchev–Trinajstić information content (AvgIpc) is 2.87. The number of methoxy groups -OCH3 is 1. The maximum Gasteiger partial charge on any atom is 0.330 e. The van der Waals surface area contributed by atoms with Crippen molar-refractivity contribution >= 4 is 23.5 Å². The van der Waals surface area contributed by atoms with Gasteiger partial charge in [-0.3, -0.25) is 9.59 Å². The second-order valence-corrected chi connectivity index (χ2v) is 6.14. The highest BCUT2D eigenvalue weighted by atomic mass is 19.1. The molecule has 130 valence electrons. The van der Waals surface area contributed by atoms with Crippen LogP contribution in [-0.2, 0) is 19.1 Å². The van der Waals surface area contributed by atoms with Crippen molar-refractivity contribution in [2.24, 2.45) is 5.92 Å². The number of hydrogen-bond donors (Lipinski definition) is 1. The molecule has 0 aliphatic carbocycles. The predicted molar refractivity (Wildman–Crippen MR) is 81.1 cm³/mol. The first-order chi connectivity index (χ1) is 11.1. The zero-order valence-electron chi connectivity index (χ0n) is 13.6. The Morgan fingerprint density at radius 3 is 2.38 bits per heavy atom. The minimum Gasteiger partial charge on any atom is -0.467 e. The van der Waals surface area contributed by atoms with E-state index in [9.17, 15) is 23.2 Å². The third-order valence-electron chi connectivity index (χ3n) is 3.79. The van der Waals surface area contributed by atoms with E-state index in [-0.39, 0.29) is 18.7 Å². The van der Waals surface area contributed by atoms with Crippen molar-refractivity contribution in [3.8, 4) is 0 Å². The highest BCUT2D eigenvalue weighted by Crippen LogP contribution is 2.27. The van der Waals surface area contributed by atoms with Crippen molar-refractivity contribution in [2.75, 3.05) is 18.6 Å². The summed E-state index contributed by atoms with van der Waals surface area (Å²) in [5.74, 6) is -3.89. The standard InChI is InChI=1S/C16H18F2N2O4/c1-16(2,15(23)24-3)19-14(22)9-4-13(21)20(8-9)12-6-10(17)5-11(18)7-12/h5-7,9H,4,8H2,1-3H3,(H,19,22)/t9-/m1/s1. The number of ether oxygens (including phenoxy) is 1. The average molecular weight is 340 g/mol. The predicted octanol–water partition coefficient (Wildman–Crippen LogP) is 1.39. The Morgan fingerprint density at radius 2 is 1.83 bits per heavy atom. The Bertz CT molecular complexity index is 670. The summed E-state index contributed by atoms with van der Waals surface area (Å²) in [5, 5.41) is 2.52. The van der Waals surface area contributed by atoms with Crippen LogP contribution < -0.4 is 10.2 Å². The minimum atomic E-state index is -1.24. The summed E-state index contributed by atoms with van der Waals surface area (Å²) < 4.78 is 31.2. The number of benzene rings is 1. The van der Waals surface area contributed by atoms with Gasteiger partial charge in [-0.25, -0.2) is 13.6 Å². The molecular weight excluding hydrogens is 322 g/mol. The fourth-order valence-electron chi connectivity index (χ4n) is 2.54. The van der Waals surface area contributed by atoms with Crippen molar-refractivity contribution < 1.29 is 27.9 Å². The summed E-state index contributed by atoms with van der Waals surface area (Å²) >= 11 is 0. The van der Waals surface area contributed by atoms with E-state index in [4.69, 9.17) is 0 Å². The number of amides is 2. The number of nitrogens with one attached hydrogen (secondary N) is 1. The smallest absolute Gasteiger partial charge is 0.330 e. The maximum atomic E-state index is 13.3. The normalized spacial score (nSPS) is 17.8. The first-order valence-electron chi connectivity index (χ1n) is 7.31. The van der Waals surface area contributed by atoms with Gasteiger partial charge in [-0.05, 0) is 26.0 Å². The Kier molecular flexibility index (Phi) is 4.86. The summed E-state index contributed by atoms with van der Waals surface area (Å²) in [6, 6.07) is 2.76. The lowest BCUT2D eigenvalue weighted by Crippen LogP contribution is -2.52. The first-order valence-corrected chi connectivity index (χ1v) is 7.31.